The molecular formula is C19H26O8. The molecule has 0 bridgehead atoms. The molecule has 27 heavy (non-hydrogen) atoms. The van der Waals surface area contributed by atoms with Crippen molar-refractivity contribution in [2.24, 2.45) is 0 Å². The molecule has 0 heterocycles. The molecule has 0 aromatic heterocycles. The zero-order valence-electron chi connectivity index (χ0n) is 16.5. The maximum atomic E-state index is 11.8. The summed E-state index contributed by atoms with van der Waals surface area (Å²) in [6, 6.07) is 3.85. The molecule has 0 aliphatic carbocycles. The van der Waals surface area contributed by atoms with Crippen LogP contribution in [0.1, 0.15) is 51.9 Å². The monoisotopic (exact) mass is 382 g/mol. The van der Waals surface area contributed by atoms with Crippen LogP contribution in [-0.2, 0) is 19.1 Å². The Morgan fingerprint density at radius 2 is 1.26 bits per heavy atom. The summed E-state index contributed by atoms with van der Waals surface area (Å²) in [5.41, 5.74) is -1.40. The Balaban J connectivity index is 2.86. The summed E-state index contributed by atoms with van der Waals surface area (Å²) in [5, 5.41) is 9.11. The molecule has 0 saturated carbocycles. The normalized spacial score (nSPS) is 11.5. The molecule has 0 fully saturated rings. The zero-order chi connectivity index (χ0) is 20.8. The summed E-state index contributed by atoms with van der Waals surface area (Å²) >= 11 is 0. The number of carboxylic acids is 1. The van der Waals surface area contributed by atoms with E-state index in [0.717, 1.165) is 0 Å². The average molecular weight is 382 g/mol. The van der Waals surface area contributed by atoms with Crippen molar-refractivity contribution < 1.29 is 38.4 Å². The standard InChI is InChI=1S/C19H26O8/c1-18(2,3)26-15(20)10-24-13-8-7-12(17(22)23)9-14(13)25-11-16(21)27-19(4,5)6/h7-9H,10-11H2,1-6H3,(H,22,23). The number of esters is 2. The van der Waals surface area contributed by atoms with E-state index in [1.165, 1.54) is 18.2 Å². The molecule has 0 saturated heterocycles. The first kappa shape index (κ1) is 22.3. The summed E-state index contributed by atoms with van der Waals surface area (Å²) in [5.74, 6) is -2.28. The van der Waals surface area contributed by atoms with E-state index in [1.807, 2.05) is 0 Å². The molecule has 1 rings (SSSR count). The number of benzene rings is 1. The van der Waals surface area contributed by atoms with Crippen LogP contribution in [-0.4, -0.2) is 47.4 Å². The van der Waals surface area contributed by atoms with Crippen molar-refractivity contribution in [2.75, 3.05) is 13.2 Å². The van der Waals surface area contributed by atoms with Gasteiger partial charge in [-0.1, -0.05) is 0 Å². The molecule has 150 valence electrons. The number of ether oxygens (including phenoxy) is 4. The molecule has 0 radical (unpaired) electrons. The summed E-state index contributed by atoms with van der Waals surface area (Å²) in [6.45, 7) is 9.48. The number of carboxylic acid groups (broad SMARTS) is 1. The largest absolute Gasteiger partial charge is 0.478 e. The number of hydrogen-bond donors (Lipinski definition) is 1. The molecule has 0 aliphatic rings. The van der Waals surface area contributed by atoms with E-state index >= 15 is 0 Å². The van der Waals surface area contributed by atoms with Gasteiger partial charge in [0.25, 0.3) is 0 Å². The highest BCUT2D eigenvalue weighted by molar-refractivity contribution is 5.88. The maximum absolute atomic E-state index is 11.8. The zero-order valence-corrected chi connectivity index (χ0v) is 16.5. The third kappa shape index (κ3) is 8.94. The van der Waals surface area contributed by atoms with Gasteiger partial charge in [0, 0.05) is 0 Å². The van der Waals surface area contributed by atoms with Crippen LogP contribution < -0.4 is 9.47 Å². The van der Waals surface area contributed by atoms with E-state index in [4.69, 9.17) is 24.1 Å². The Morgan fingerprint density at radius 3 is 1.67 bits per heavy atom. The van der Waals surface area contributed by atoms with Gasteiger partial charge in [-0.15, -0.1) is 0 Å². The number of rotatable bonds is 7. The average Bonchev–Trinajstić information content (AvgIpc) is 2.47. The second kappa shape index (κ2) is 8.75. The van der Waals surface area contributed by atoms with E-state index in [0.29, 0.717) is 0 Å². The first-order valence-corrected chi connectivity index (χ1v) is 8.33. The van der Waals surface area contributed by atoms with Crippen LogP contribution in [0.5, 0.6) is 11.5 Å². The highest BCUT2D eigenvalue weighted by Crippen LogP contribution is 2.29. The smallest absolute Gasteiger partial charge is 0.344 e. The lowest BCUT2D eigenvalue weighted by Crippen LogP contribution is -2.28. The minimum Gasteiger partial charge on any atom is -0.478 e. The lowest BCUT2D eigenvalue weighted by Gasteiger charge is -2.21. The van der Waals surface area contributed by atoms with Crippen LogP contribution in [0.4, 0.5) is 0 Å². The van der Waals surface area contributed by atoms with Gasteiger partial charge in [-0.05, 0) is 59.7 Å². The lowest BCUT2D eigenvalue weighted by molar-refractivity contribution is -0.158. The fourth-order valence-corrected chi connectivity index (χ4v) is 1.89. The Labute approximate surface area is 158 Å². The molecule has 0 aliphatic heterocycles. The summed E-state index contributed by atoms with van der Waals surface area (Å²) in [4.78, 5) is 34.7. The minimum atomic E-state index is -1.17. The molecule has 1 aromatic carbocycles. The van der Waals surface area contributed by atoms with Crippen LogP contribution in [0, 0.1) is 0 Å². The van der Waals surface area contributed by atoms with Crippen LogP contribution in [0.3, 0.4) is 0 Å². The van der Waals surface area contributed by atoms with Crippen LogP contribution in [0.25, 0.3) is 0 Å². The Hall–Kier alpha value is -2.77. The highest BCUT2D eigenvalue weighted by Gasteiger charge is 2.20. The van der Waals surface area contributed by atoms with Gasteiger partial charge in [-0.3, -0.25) is 0 Å². The number of carbonyl (C=O) groups excluding carboxylic acids is 2. The van der Waals surface area contributed by atoms with Gasteiger partial charge in [-0.2, -0.15) is 0 Å². The van der Waals surface area contributed by atoms with Crippen molar-refractivity contribution in [3.8, 4) is 11.5 Å². The van der Waals surface area contributed by atoms with Gasteiger partial charge in [0.2, 0.25) is 0 Å². The Bertz CT molecular complexity index is 695. The van der Waals surface area contributed by atoms with Gasteiger partial charge in [-0.25, -0.2) is 14.4 Å². The van der Waals surface area contributed by atoms with Crippen molar-refractivity contribution in [2.45, 2.75) is 52.7 Å². The van der Waals surface area contributed by atoms with Crippen molar-refractivity contribution in [3.63, 3.8) is 0 Å². The molecule has 0 atom stereocenters. The van der Waals surface area contributed by atoms with E-state index in [-0.39, 0.29) is 17.1 Å². The summed E-state index contributed by atoms with van der Waals surface area (Å²) in [7, 11) is 0. The van der Waals surface area contributed by atoms with Crippen molar-refractivity contribution in [1.29, 1.82) is 0 Å². The predicted molar refractivity (Wildman–Crippen MR) is 96.1 cm³/mol. The third-order valence-corrected chi connectivity index (χ3v) is 2.72. The maximum Gasteiger partial charge on any atom is 0.344 e. The van der Waals surface area contributed by atoms with E-state index in [9.17, 15) is 14.4 Å². The highest BCUT2D eigenvalue weighted by atomic mass is 16.6. The van der Waals surface area contributed by atoms with Gasteiger partial charge < -0.3 is 24.1 Å². The van der Waals surface area contributed by atoms with Gasteiger partial charge in [0.05, 0.1) is 5.56 Å². The fraction of sp³-hybridized carbons (Fsp3) is 0.526. The molecule has 8 nitrogen and oxygen atoms in total. The van der Waals surface area contributed by atoms with E-state index < -0.39 is 42.3 Å². The quantitative estimate of drug-likeness (QED) is 0.717. The third-order valence-electron chi connectivity index (χ3n) is 2.72. The van der Waals surface area contributed by atoms with Gasteiger partial charge in [0.15, 0.2) is 24.7 Å². The second-order valence-electron chi connectivity index (χ2n) is 7.72. The van der Waals surface area contributed by atoms with Crippen molar-refractivity contribution in [3.05, 3.63) is 23.8 Å². The van der Waals surface area contributed by atoms with Crippen LogP contribution >= 0.6 is 0 Å². The van der Waals surface area contributed by atoms with Gasteiger partial charge in [0.1, 0.15) is 11.2 Å². The molecular weight excluding hydrogens is 356 g/mol. The number of carbonyl (C=O) groups is 3. The molecule has 1 aromatic rings. The minimum absolute atomic E-state index is 0.00400. The van der Waals surface area contributed by atoms with Crippen molar-refractivity contribution in [1.82, 2.24) is 0 Å². The Kier molecular flexibility index (Phi) is 7.21. The SMILES string of the molecule is CC(C)(C)OC(=O)COc1ccc(C(=O)O)cc1OCC(=O)OC(C)(C)C. The molecule has 0 unspecified atom stereocenters. The number of aromatic carboxylic acids is 1. The lowest BCUT2D eigenvalue weighted by atomic mass is 10.2. The molecule has 1 N–H and O–H groups in total. The van der Waals surface area contributed by atoms with Crippen LogP contribution in [0.2, 0.25) is 0 Å². The topological polar surface area (TPSA) is 108 Å². The van der Waals surface area contributed by atoms with Crippen molar-refractivity contribution >= 4 is 17.9 Å². The summed E-state index contributed by atoms with van der Waals surface area (Å²) < 4.78 is 21.0. The summed E-state index contributed by atoms with van der Waals surface area (Å²) in [6.07, 6.45) is 0. The second-order valence-corrected chi connectivity index (χ2v) is 7.72. The van der Waals surface area contributed by atoms with E-state index in [1.54, 1.807) is 41.5 Å². The van der Waals surface area contributed by atoms with E-state index in [2.05, 4.69) is 0 Å². The first-order valence-electron chi connectivity index (χ1n) is 8.33. The van der Waals surface area contributed by atoms with Gasteiger partial charge >= 0.3 is 17.9 Å². The first-order chi connectivity index (χ1) is 12.3. The predicted octanol–water partition coefficient (Wildman–Crippen LogP) is 2.83. The molecule has 0 spiro atoms. The molecule has 8 heteroatoms. The fourth-order valence-electron chi connectivity index (χ4n) is 1.89. The molecule has 0 amide bonds. The Morgan fingerprint density at radius 1 is 0.815 bits per heavy atom. The number of hydrogen-bond acceptors (Lipinski definition) is 7. The van der Waals surface area contributed by atoms with Crippen LogP contribution in [0.15, 0.2) is 18.2 Å².